The number of aliphatic hydroxyl groups excluding tert-OH is 2. The van der Waals surface area contributed by atoms with Gasteiger partial charge in [-0.2, -0.15) is 0 Å². The fraction of sp³-hybridized carbons (Fsp3) is 0.843. The number of nitrogens with one attached hydrogen (secondary N) is 1. The van der Waals surface area contributed by atoms with E-state index in [2.05, 4.69) is 62.5 Å². The largest absolute Gasteiger partial charge is 0.462 e. The van der Waals surface area contributed by atoms with Gasteiger partial charge in [0, 0.05) is 6.42 Å². The molecule has 0 saturated carbocycles. The lowest BCUT2D eigenvalue weighted by molar-refractivity contribution is -0.151. The minimum atomic E-state index is -0.790. The van der Waals surface area contributed by atoms with Crippen LogP contribution in [-0.2, 0) is 14.3 Å². The maximum atomic E-state index is 13.1. The number of carbonyl (C=O) groups is 2. The van der Waals surface area contributed by atoms with E-state index in [9.17, 15) is 19.8 Å². The summed E-state index contributed by atoms with van der Waals surface area (Å²) in [4.78, 5) is 26.1. The molecular weight excluding hydrogens is 707 g/mol. The quantitative estimate of drug-likeness (QED) is 0.0247. The number of carbonyl (C=O) groups excluding carboxylic acids is 2. The molecule has 0 aliphatic rings. The second-order valence-corrected chi connectivity index (χ2v) is 16.9. The second kappa shape index (κ2) is 45.2. The van der Waals surface area contributed by atoms with Gasteiger partial charge in [-0.15, -0.1) is 0 Å². The van der Waals surface area contributed by atoms with Gasteiger partial charge >= 0.3 is 5.97 Å². The van der Waals surface area contributed by atoms with Gasteiger partial charge in [-0.25, -0.2) is 0 Å². The zero-order valence-corrected chi connectivity index (χ0v) is 38.0. The minimum absolute atomic E-state index is 0.0639. The van der Waals surface area contributed by atoms with Crippen LogP contribution in [0.15, 0.2) is 36.5 Å². The van der Waals surface area contributed by atoms with Crippen molar-refractivity contribution >= 4 is 11.9 Å². The van der Waals surface area contributed by atoms with E-state index >= 15 is 0 Å². The number of allylic oxidation sites excluding steroid dienone is 6. The second-order valence-electron chi connectivity index (χ2n) is 16.9. The smallest absolute Gasteiger partial charge is 0.306 e. The van der Waals surface area contributed by atoms with Crippen LogP contribution >= 0.6 is 0 Å². The van der Waals surface area contributed by atoms with Crippen molar-refractivity contribution in [3.63, 3.8) is 0 Å². The van der Waals surface area contributed by atoms with Crippen molar-refractivity contribution in [1.82, 2.24) is 5.32 Å². The summed E-state index contributed by atoms with van der Waals surface area (Å²) in [6.07, 6.45) is 52.0. The SMILES string of the molecule is CCCCC/C=C/C=C/CCCCCCCCC(=O)OC(CCCCC/C=C/CCCCCCCCC)CC(=O)NC(CO)C(O)CCCCCCCCCCC. The van der Waals surface area contributed by atoms with E-state index in [1.807, 2.05) is 0 Å². The van der Waals surface area contributed by atoms with Crippen LogP contribution in [0.5, 0.6) is 0 Å². The number of hydrogen-bond acceptors (Lipinski definition) is 5. The molecule has 0 saturated heterocycles. The van der Waals surface area contributed by atoms with Gasteiger partial charge in [-0.05, 0) is 77.0 Å². The molecule has 0 heterocycles. The zero-order valence-electron chi connectivity index (χ0n) is 38.0. The van der Waals surface area contributed by atoms with Crippen molar-refractivity contribution < 1.29 is 24.5 Å². The van der Waals surface area contributed by atoms with Crippen LogP contribution in [0.25, 0.3) is 0 Å². The first-order chi connectivity index (χ1) is 28.0. The Hall–Kier alpha value is -1.92. The Morgan fingerprint density at radius 3 is 1.40 bits per heavy atom. The number of aliphatic hydroxyl groups is 2. The molecule has 6 heteroatoms. The molecule has 0 radical (unpaired) electrons. The molecule has 0 aromatic rings. The van der Waals surface area contributed by atoms with Crippen molar-refractivity contribution in [1.29, 1.82) is 0 Å². The Labute approximate surface area is 353 Å². The third kappa shape index (κ3) is 40.6. The van der Waals surface area contributed by atoms with Crippen molar-refractivity contribution in [2.45, 2.75) is 270 Å². The number of esters is 1. The number of unbranched alkanes of at least 4 members (excludes halogenated alkanes) is 27. The predicted molar refractivity (Wildman–Crippen MR) is 246 cm³/mol. The zero-order chi connectivity index (χ0) is 41.7. The molecule has 0 bridgehead atoms. The normalized spacial score (nSPS) is 13.6. The van der Waals surface area contributed by atoms with Crippen molar-refractivity contribution in [2.24, 2.45) is 0 Å². The molecule has 0 spiro atoms. The van der Waals surface area contributed by atoms with Crippen LogP contribution < -0.4 is 5.32 Å². The van der Waals surface area contributed by atoms with Gasteiger partial charge in [0.15, 0.2) is 0 Å². The molecule has 0 aromatic carbocycles. The summed E-state index contributed by atoms with van der Waals surface area (Å²) < 4.78 is 5.91. The van der Waals surface area contributed by atoms with Gasteiger partial charge in [-0.1, -0.05) is 198 Å². The van der Waals surface area contributed by atoms with Crippen LogP contribution in [0, 0.1) is 0 Å². The fourth-order valence-corrected chi connectivity index (χ4v) is 7.42. The first-order valence-corrected chi connectivity index (χ1v) is 24.7. The predicted octanol–water partition coefficient (Wildman–Crippen LogP) is 14.5. The van der Waals surface area contributed by atoms with Gasteiger partial charge in [0.2, 0.25) is 5.91 Å². The molecule has 0 aromatic heterocycles. The lowest BCUT2D eigenvalue weighted by atomic mass is 10.0. The van der Waals surface area contributed by atoms with Crippen LogP contribution in [-0.4, -0.2) is 46.9 Å². The van der Waals surface area contributed by atoms with Crippen LogP contribution in [0.4, 0.5) is 0 Å². The van der Waals surface area contributed by atoms with Crippen molar-refractivity contribution in [3.8, 4) is 0 Å². The summed E-state index contributed by atoms with van der Waals surface area (Å²) in [6.45, 7) is 6.43. The maximum absolute atomic E-state index is 13.1. The average molecular weight is 802 g/mol. The lowest BCUT2D eigenvalue weighted by Crippen LogP contribution is -2.46. The Morgan fingerprint density at radius 2 is 0.895 bits per heavy atom. The van der Waals surface area contributed by atoms with Crippen LogP contribution in [0.3, 0.4) is 0 Å². The third-order valence-electron chi connectivity index (χ3n) is 11.2. The molecule has 334 valence electrons. The van der Waals surface area contributed by atoms with Crippen molar-refractivity contribution in [3.05, 3.63) is 36.5 Å². The summed E-state index contributed by atoms with van der Waals surface area (Å²) in [5, 5.41) is 23.6. The Morgan fingerprint density at radius 1 is 0.509 bits per heavy atom. The van der Waals surface area contributed by atoms with Crippen LogP contribution in [0.2, 0.25) is 0 Å². The first kappa shape index (κ1) is 55.1. The van der Waals surface area contributed by atoms with E-state index in [1.165, 1.54) is 135 Å². The molecule has 0 fully saturated rings. The van der Waals surface area contributed by atoms with Gasteiger partial charge in [0.25, 0.3) is 0 Å². The summed E-state index contributed by atoms with van der Waals surface area (Å²) in [7, 11) is 0. The number of ether oxygens (including phenoxy) is 1. The number of rotatable bonds is 44. The highest BCUT2D eigenvalue weighted by Gasteiger charge is 2.24. The van der Waals surface area contributed by atoms with E-state index in [-0.39, 0.29) is 24.9 Å². The summed E-state index contributed by atoms with van der Waals surface area (Å²) in [6, 6.07) is -0.705. The van der Waals surface area contributed by atoms with Crippen LogP contribution in [0.1, 0.15) is 252 Å². The minimum Gasteiger partial charge on any atom is -0.462 e. The van der Waals surface area contributed by atoms with Gasteiger partial charge in [-0.3, -0.25) is 9.59 Å². The molecule has 57 heavy (non-hydrogen) atoms. The van der Waals surface area contributed by atoms with E-state index in [0.717, 1.165) is 70.6 Å². The molecule has 1 amide bonds. The molecule has 3 N–H and O–H groups in total. The Kier molecular flexibility index (Phi) is 43.6. The van der Waals surface area contributed by atoms with E-state index in [0.29, 0.717) is 19.3 Å². The summed E-state index contributed by atoms with van der Waals surface area (Å²) >= 11 is 0. The third-order valence-corrected chi connectivity index (χ3v) is 11.2. The van der Waals surface area contributed by atoms with Gasteiger partial charge < -0.3 is 20.3 Å². The number of amides is 1. The Bertz CT molecular complexity index is 946. The molecule has 3 atom stereocenters. The fourth-order valence-electron chi connectivity index (χ4n) is 7.42. The monoisotopic (exact) mass is 802 g/mol. The highest BCUT2D eigenvalue weighted by Crippen LogP contribution is 2.17. The Balaban J connectivity index is 4.62. The summed E-state index contributed by atoms with van der Waals surface area (Å²) in [5.74, 6) is -0.498. The topological polar surface area (TPSA) is 95.9 Å². The van der Waals surface area contributed by atoms with E-state index in [1.54, 1.807) is 0 Å². The highest BCUT2D eigenvalue weighted by molar-refractivity contribution is 5.77. The maximum Gasteiger partial charge on any atom is 0.306 e. The molecule has 6 nitrogen and oxygen atoms in total. The van der Waals surface area contributed by atoms with E-state index in [4.69, 9.17) is 4.74 Å². The summed E-state index contributed by atoms with van der Waals surface area (Å²) in [5.41, 5.74) is 0. The highest BCUT2D eigenvalue weighted by atomic mass is 16.5. The molecule has 0 aliphatic heterocycles. The first-order valence-electron chi connectivity index (χ1n) is 24.7. The van der Waals surface area contributed by atoms with Gasteiger partial charge in [0.1, 0.15) is 6.10 Å². The molecule has 0 aliphatic carbocycles. The van der Waals surface area contributed by atoms with Crippen molar-refractivity contribution in [2.75, 3.05) is 6.61 Å². The standard InChI is InChI=1S/C51H95NO5/c1-4-7-10-13-16-19-21-23-25-27-29-32-35-38-41-44-51(56)57-47(42-39-36-33-31-28-26-24-22-20-17-14-11-8-5-2)45-50(55)52-48(46-53)49(54)43-40-37-34-30-18-15-12-9-6-3/h16,19,21,23,26,28,47-49,53-54H,4-15,17-18,20,22,24-25,27,29-46H2,1-3H3,(H,52,55)/b19-16+,23-21+,28-26+. The molecular formula is C51H95NO5. The molecule has 0 rings (SSSR count). The lowest BCUT2D eigenvalue weighted by Gasteiger charge is -2.24. The number of hydrogen-bond donors (Lipinski definition) is 3. The molecule has 3 unspecified atom stereocenters. The van der Waals surface area contributed by atoms with Gasteiger partial charge in [0.05, 0.1) is 25.2 Å². The average Bonchev–Trinajstić information content (AvgIpc) is 3.20. The van der Waals surface area contributed by atoms with E-state index < -0.39 is 18.2 Å².